The Morgan fingerprint density at radius 1 is 1.15 bits per heavy atom. The van der Waals surface area contributed by atoms with E-state index in [-0.39, 0.29) is 16.9 Å². The van der Waals surface area contributed by atoms with E-state index in [0.29, 0.717) is 6.17 Å². The fourth-order valence-electron chi connectivity index (χ4n) is 5.54. The number of aliphatic hydroxyl groups is 1. The molecule has 0 amide bonds. The van der Waals surface area contributed by atoms with Crippen LogP contribution in [0, 0.1) is 10.8 Å². The van der Waals surface area contributed by atoms with Gasteiger partial charge in [-0.05, 0) is 25.0 Å². The zero-order chi connectivity index (χ0) is 14.0. The van der Waals surface area contributed by atoms with E-state index in [0.717, 1.165) is 44.8 Å². The number of hydrogen-bond acceptors (Lipinski definition) is 2. The number of hydrogen-bond donors (Lipinski definition) is 3. The van der Waals surface area contributed by atoms with Crippen molar-refractivity contribution >= 4 is 0 Å². The highest BCUT2D eigenvalue weighted by Crippen LogP contribution is 2.44. The van der Waals surface area contributed by atoms with Crippen LogP contribution in [0.15, 0.2) is 22.8 Å². The molecule has 5 heterocycles. The molecule has 0 radical (unpaired) electrons. The van der Waals surface area contributed by atoms with Gasteiger partial charge in [-0.25, -0.2) is 0 Å². The molecule has 3 N–H and O–H groups in total. The lowest BCUT2D eigenvalue weighted by molar-refractivity contribution is -1.19. The fourth-order valence-corrected chi connectivity index (χ4v) is 5.54. The smallest absolute Gasteiger partial charge is 0.273 e. The van der Waals surface area contributed by atoms with Crippen LogP contribution in [0.1, 0.15) is 38.6 Å². The number of aliphatic hydroxyl groups excluding tert-OH is 1. The molecule has 0 aliphatic carbocycles. The highest BCUT2D eigenvalue weighted by molar-refractivity contribution is 5.07. The summed E-state index contributed by atoms with van der Waals surface area (Å²) in [5, 5.41) is 11.0. The zero-order valence-corrected chi connectivity index (χ0v) is 12.5. The van der Waals surface area contributed by atoms with E-state index in [9.17, 15) is 5.11 Å². The molecule has 0 saturated carbocycles. The van der Waals surface area contributed by atoms with Crippen LogP contribution >= 0.6 is 0 Å². The molecule has 110 valence electrons. The fraction of sp³-hybridized carbons (Fsp3) is 0.750. The van der Waals surface area contributed by atoms with Gasteiger partial charge in [0.15, 0.2) is 0 Å². The molecule has 0 spiro atoms. The minimum absolute atomic E-state index is 0.116. The molecular weight excluding hydrogens is 252 g/mol. The summed E-state index contributed by atoms with van der Waals surface area (Å²) in [6.45, 7) is 8.90. The summed E-state index contributed by atoms with van der Waals surface area (Å²) < 4.78 is 5.72. The van der Waals surface area contributed by atoms with Crippen molar-refractivity contribution in [3.05, 3.63) is 24.2 Å². The molecule has 4 heteroatoms. The van der Waals surface area contributed by atoms with Crippen molar-refractivity contribution in [2.24, 2.45) is 10.8 Å². The Balaban J connectivity index is 1.75. The quantitative estimate of drug-likeness (QED) is 0.681. The van der Waals surface area contributed by atoms with Crippen molar-refractivity contribution in [3.8, 4) is 0 Å². The van der Waals surface area contributed by atoms with Crippen molar-refractivity contribution in [2.75, 3.05) is 26.2 Å². The molecule has 0 atom stereocenters. The minimum atomic E-state index is -0.116. The Labute approximate surface area is 120 Å². The topological polar surface area (TPSA) is 42.2 Å². The summed E-state index contributed by atoms with van der Waals surface area (Å²) in [7, 11) is 0. The minimum Gasteiger partial charge on any atom is -0.457 e. The lowest BCUT2D eigenvalue weighted by Gasteiger charge is -2.63. The summed E-state index contributed by atoms with van der Waals surface area (Å²) in [4.78, 5) is 3.25. The van der Waals surface area contributed by atoms with E-state index < -0.39 is 0 Å². The van der Waals surface area contributed by atoms with Gasteiger partial charge in [-0.2, -0.15) is 0 Å². The summed E-state index contributed by atoms with van der Waals surface area (Å²) >= 11 is 0. The third kappa shape index (κ3) is 1.42. The molecule has 1 aromatic heterocycles. The maximum absolute atomic E-state index is 11.0. The van der Waals surface area contributed by atoms with Gasteiger partial charge >= 0.3 is 0 Å². The van der Waals surface area contributed by atoms with Crippen molar-refractivity contribution in [1.82, 2.24) is 0 Å². The predicted molar refractivity (Wildman–Crippen MR) is 74.3 cm³/mol. The molecule has 4 saturated heterocycles. The van der Waals surface area contributed by atoms with E-state index in [1.54, 1.807) is 16.1 Å². The summed E-state index contributed by atoms with van der Waals surface area (Å²) in [6, 6.07) is 4.13. The summed E-state index contributed by atoms with van der Waals surface area (Å²) in [6.07, 6.45) is 4.30. The summed E-state index contributed by atoms with van der Waals surface area (Å²) in [5.74, 6) is 1.13. The lowest BCUT2D eigenvalue weighted by Crippen LogP contribution is -3.41. The van der Waals surface area contributed by atoms with Crippen LogP contribution in [0.4, 0.5) is 0 Å². The first-order valence-corrected chi connectivity index (χ1v) is 8.05. The van der Waals surface area contributed by atoms with Gasteiger partial charge in [0.05, 0.1) is 49.4 Å². The van der Waals surface area contributed by atoms with E-state index >= 15 is 0 Å². The lowest BCUT2D eigenvalue weighted by atomic mass is 9.57. The predicted octanol–water partition coefficient (Wildman–Crippen LogP) is -0.757. The Hall–Kier alpha value is -0.840. The van der Waals surface area contributed by atoms with Gasteiger partial charge in [0.2, 0.25) is 5.76 Å². The van der Waals surface area contributed by atoms with Gasteiger partial charge in [-0.3, -0.25) is 9.80 Å². The van der Waals surface area contributed by atoms with Crippen LogP contribution in [-0.4, -0.2) is 37.4 Å². The van der Waals surface area contributed by atoms with Gasteiger partial charge in [-0.1, -0.05) is 13.8 Å². The molecule has 0 unspecified atom stereocenters. The summed E-state index contributed by atoms with van der Waals surface area (Å²) in [5.41, 5.74) is 0.251. The number of nitrogens with one attached hydrogen (secondary N) is 2. The molecule has 4 aliphatic rings. The molecule has 20 heavy (non-hydrogen) atoms. The number of quaternary nitrogens is 2. The van der Waals surface area contributed by atoms with Crippen LogP contribution in [-0.2, 0) is 0 Å². The standard InChI is InChI=1S/C16H24N2O2/c1-3-15-8-17-10-16(4-2,14(15)19)11-18(9-15)13(17)12-6-5-7-20-12/h5-7,13-14,19H,3-4,8-11H2,1-2H3/p+2. The molecular formula is C16H26N2O2+2. The second kappa shape index (κ2) is 4.09. The van der Waals surface area contributed by atoms with Gasteiger partial charge < -0.3 is 9.52 Å². The molecule has 0 aromatic carbocycles. The normalized spacial score (nSPS) is 49.8. The Kier molecular flexibility index (Phi) is 2.63. The van der Waals surface area contributed by atoms with Crippen molar-refractivity contribution in [2.45, 2.75) is 39.0 Å². The molecule has 4 bridgehead atoms. The third-order valence-electron chi connectivity index (χ3n) is 6.53. The highest BCUT2D eigenvalue weighted by Gasteiger charge is 2.70. The first kappa shape index (κ1) is 12.9. The van der Waals surface area contributed by atoms with Crippen LogP contribution < -0.4 is 9.80 Å². The van der Waals surface area contributed by atoms with E-state index in [1.165, 1.54) is 0 Å². The molecule has 1 aromatic rings. The molecule has 4 fully saturated rings. The van der Waals surface area contributed by atoms with E-state index in [4.69, 9.17) is 4.42 Å². The maximum Gasteiger partial charge on any atom is 0.273 e. The largest absolute Gasteiger partial charge is 0.457 e. The second-order valence-corrected chi connectivity index (χ2v) is 7.31. The van der Waals surface area contributed by atoms with Crippen LogP contribution in [0.5, 0.6) is 0 Å². The van der Waals surface area contributed by atoms with Crippen molar-refractivity contribution < 1.29 is 19.3 Å². The Morgan fingerprint density at radius 3 is 2.10 bits per heavy atom. The number of furan rings is 1. The van der Waals surface area contributed by atoms with Gasteiger partial charge in [0.25, 0.3) is 6.17 Å². The SMILES string of the molecule is CCC12C[NH+]3CC(CC)(C[NH+](C1)C3c1ccco1)C2O. The first-order valence-electron chi connectivity index (χ1n) is 8.05. The molecule has 4 aliphatic heterocycles. The Bertz CT molecular complexity index is 459. The molecule has 4 nitrogen and oxygen atoms in total. The average molecular weight is 278 g/mol. The highest BCUT2D eigenvalue weighted by atomic mass is 16.3. The zero-order valence-electron chi connectivity index (χ0n) is 12.5. The van der Waals surface area contributed by atoms with Crippen LogP contribution in [0.2, 0.25) is 0 Å². The third-order valence-corrected chi connectivity index (χ3v) is 6.53. The number of piperidine rings is 2. The van der Waals surface area contributed by atoms with E-state index in [1.807, 2.05) is 6.07 Å². The average Bonchev–Trinajstić information content (AvgIpc) is 2.97. The monoisotopic (exact) mass is 278 g/mol. The van der Waals surface area contributed by atoms with E-state index in [2.05, 4.69) is 19.9 Å². The Morgan fingerprint density at radius 2 is 1.70 bits per heavy atom. The van der Waals surface area contributed by atoms with Crippen LogP contribution in [0.25, 0.3) is 0 Å². The van der Waals surface area contributed by atoms with Gasteiger partial charge in [-0.15, -0.1) is 0 Å². The van der Waals surface area contributed by atoms with Crippen molar-refractivity contribution in [3.63, 3.8) is 0 Å². The first-order chi connectivity index (χ1) is 9.64. The van der Waals surface area contributed by atoms with Gasteiger partial charge in [0.1, 0.15) is 0 Å². The second-order valence-electron chi connectivity index (χ2n) is 7.31. The van der Waals surface area contributed by atoms with Crippen LogP contribution in [0.3, 0.4) is 0 Å². The molecule has 5 rings (SSSR count). The van der Waals surface area contributed by atoms with Gasteiger partial charge in [0, 0.05) is 0 Å². The van der Waals surface area contributed by atoms with Crippen molar-refractivity contribution in [1.29, 1.82) is 0 Å². The maximum atomic E-state index is 11.0. The number of rotatable bonds is 3.